The van der Waals surface area contributed by atoms with Gasteiger partial charge in [-0.05, 0) is 58.7 Å². The number of aliphatic carboxylic acids is 1. The highest BCUT2D eigenvalue weighted by atomic mass is 79.9. The summed E-state index contributed by atoms with van der Waals surface area (Å²) in [6, 6.07) is -0.118. The normalized spacial score (nSPS) is 12.4. The van der Waals surface area contributed by atoms with Gasteiger partial charge in [-0.2, -0.15) is 0 Å². The lowest BCUT2D eigenvalue weighted by molar-refractivity contribution is -0.386. The molecule has 1 rings (SSSR count). The molecule has 0 aromatic heterocycles. The van der Waals surface area contributed by atoms with Crippen LogP contribution in [-0.2, 0) is 16.0 Å². The number of hydrogen-bond acceptors (Lipinski definition) is 6. The van der Waals surface area contributed by atoms with Gasteiger partial charge in [-0.25, -0.2) is 9.59 Å². The maximum absolute atomic E-state index is 11.8. The minimum absolute atomic E-state index is 0.0192. The van der Waals surface area contributed by atoms with Crippen molar-refractivity contribution in [3.05, 3.63) is 30.7 Å². The van der Waals surface area contributed by atoms with Crippen LogP contribution in [0.3, 0.4) is 0 Å². The van der Waals surface area contributed by atoms with Gasteiger partial charge in [-0.1, -0.05) is 0 Å². The number of ether oxygens (including phenoxy) is 1. The van der Waals surface area contributed by atoms with E-state index < -0.39 is 40.1 Å². The maximum atomic E-state index is 11.8. The Labute approximate surface area is 159 Å². The Morgan fingerprint density at radius 2 is 1.96 bits per heavy atom. The average Bonchev–Trinajstić information content (AvgIpc) is 2.41. The van der Waals surface area contributed by atoms with Crippen molar-refractivity contribution in [2.75, 3.05) is 0 Å². The molecule has 0 saturated heterocycles. The molecule has 0 fully saturated rings. The third-order valence-corrected chi connectivity index (χ3v) is 4.80. The van der Waals surface area contributed by atoms with Crippen molar-refractivity contribution >= 4 is 49.6 Å². The zero-order valence-corrected chi connectivity index (χ0v) is 16.7. The van der Waals surface area contributed by atoms with Gasteiger partial charge >= 0.3 is 17.7 Å². The fourth-order valence-corrected chi connectivity index (χ4v) is 2.76. The fraction of sp³-hybridized carbons (Fsp3) is 0.429. The largest absolute Gasteiger partial charge is 0.502 e. The lowest BCUT2D eigenvalue weighted by Crippen LogP contribution is -2.44. The minimum atomic E-state index is -1.45. The number of halogens is 2. The van der Waals surface area contributed by atoms with E-state index in [4.69, 9.17) is 4.74 Å². The van der Waals surface area contributed by atoms with Crippen LogP contribution in [0.4, 0.5) is 10.5 Å². The van der Waals surface area contributed by atoms with Crippen LogP contribution in [0, 0.1) is 10.1 Å². The van der Waals surface area contributed by atoms with E-state index >= 15 is 0 Å². The monoisotopic (exact) mass is 482 g/mol. The van der Waals surface area contributed by atoms with Crippen molar-refractivity contribution in [3.8, 4) is 5.75 Å². The summed E-state index contributed by atoms with van der Waals surface area (Å²) >= 11 is 6.07. The Hall–Kier alpha value is -1.88. The third kappa shape index (κ3) is 5.85. The quantitative estimate of drug-likeness (QED) is 0.431. The molecule has 1 amide bonds. The molecule has 1 unspecified atom stereocenters. The van der Waals surface area contributed by atoms with Crippen LogP contribution in [0.1, 0.15) is 26.3 Å². The van der Waals surface area contributed by atoms with E-state index in [0.717, 1.165) is 0 Å². The first-order valence-electron chi connectivity index (χ1n) is 6.90. The summed E-state index contributed by atoms with van der Waals surface area (Å²) in [6.07, 6.45) is -1.34. The number of benzene rings is 1. The minimum Gasteiger partial charge on any atom is -0.502 e. The van der Waals surface area contributed by atoms with Crippen molar-refractivity contribution in [1.29, 1.82) is 0 Å². The van der Waals surface area contributed by atoms with Gasteiger partial charge in [0, 0.05) is 16.5 Å². The molecule has 1 atom stereocenters. The Morgan fingerprint density at radius 3 is 2.40 bits per heavy atom. The first-order chi connectivity index (χ1) is 11.3. The van der Waals surface area contributed by atoms with E-state index in [9.17, 15) is 29.9 Å². The number of carboxylic acid groups (broad SMARTS) is 1. The second-order valence-corrected chi connectivity index (χ2v) is 7.67. The van der Waals surface area contributed by atoms with Crippen molar-refractivity contribution in [3.63, 3.8) is 0 Å². The Balaban J connectivity index is 3.13. The number of nitro groups is 1. The molecule has 25 heavy (non-hydrogen) atoms. The highest BCUT2D eigenvalue weighted by Crippen LogP contribution is 2.42. The van der Waals surface area contributed by atoms with Crippen molar-refractivity contribution in [2.45, 2.75) is 38.8 Å². The molecule has 0 aliphatic heterocycles. The van der Waals surface area contributed by atoms with Crippen LogP contribution in [0.25, 0.3) is 0 Å². The number of aromatic hydroxyl groups is 1. The lowest BCUT2D eigenvalue weighted by atomic mass is 10.0. The summed E-state index contributed by atoms with van der Waals surface area (Å²) in [6.45, 7) is 4.84. The summed E-state index contributed by atoms with van der Waals surface area (Å²) < 4.78 is 5.27. The summed E-state index contributed by atoms with van der Waals surface area (Å²) in [4.78, 5) is 33.4. The molecule has 9 nitrogen and oxygen atoms in total. The summed E-state index contributed by atoms with van der Waals surface area (Å²) in [5.41, 5.74) is -1.45. The van der Waals surface area contributed by atoms with Crippen LogP contribution >= 0.6 is 31.9 Å². The smallest absolute Gasteiger partial charge is 0.408 e. The lowest BCUT2D eigenvalue weighted by Gasteiger charge is -2.22. The van der Waals surface area contributed by atoms with Crippen LogP contribution in [-0.4, -0.2) is 38.8 Å². The number of carbonyl (C=O) groups excluding carboxylic acids is 1. The van der Waals surface area contributed by atoms with E-state index in [1.54, 1.807) is 20.8 Å². The van der Waals surface area contributed by atoms with E-state index in [-0.39, 0.29) is 20.9 Å². The van der Waals surface area contributed by atoms with Crippen molar-refractivity contribution in [1.82, 2.24) is 5.32 Å². The molecule has 138 valence electrons. The second kappa shape index (κ2) is 8.00. The predicted molar refractivity (Wildman–Crippen MR) is 94.7 cm³/mol. The number of amides is 1. The van der Waals surface area contributed by atoms with E-state index in [1.807, 2.05) is 0 Å². The average molecular weight is 484 g/mol. The summed E-state index contributed by atoms with van der Waals surface area (Å²) in [7, 11) is 0. The molecule has 11 heteroatoms. The molecule has 0 radical (unpaired) electrons. The van der Waals surface area contributed by atoms with E-state index in [0.29, 0.717) is 0 Å². The van der Waals surface area contributed by atoms with Gasteiger partial charge in [0.15, 0.2) is 5.75 Å². The van der Waals surface area contributed by atoms with Gasteiger partial charge in [0.25, 0.3) is 0 Å². The number of phenolic OH excluding ortho intramolecular Hbond substituents is 1. The number of nitro benzene ring substituents is 1. The molecule has 0 heterocycles. The van der Waals surface area contributed by atoms with Gasteiger partial charge in [-0.15, -0.1) is 0 Å². The number of nitrogens with zero attached hydrogens (tertiary/aromatic N) is 1. The van der Waals surface area contributed by atoms with Crippen LogP contribution in [0.5, 0.6) is 5.75 Å². The Kier molecular flexibility index (Phi) is 6.77. The number of rotatable bonds is 5. The van der Waals surface area contributed by atoms with Crippen molar-refractivity contribution in [2.24, 2.45) is 0 Å². The molecule has 0 spiro atoms. The van der Waals surface area contributed by atoms with Gasteiger partial charge in [0.05, 0.1) is 4.92 Å². The number of phenols is 1. The van der Waals surface area contributed by atoms with Gasteiger partial charge in [0.2, 0.25) is 0 Å². The van der Waals surface area contributed by atoms with Crippen LogP contribution < -0.4 is 5.32 Å². The molecule has 0 bridgehead atoms. The van der Waals surface area contributed by atoms with E-state index in [1.165, 1.54) is 6.07 Å². The zero-order chi connectivity index (χ0) is 19.5. The van der Waals surface area contributed by atoms with Gasteiger partial charge < -0.3 is 20.3 Å². The standard InChI is InChI=1S/C14H16Br2N2O7/c1-14(2,3)25-13(22)17-8(12(20)21)5-6-4-7(15)9(16)10(11(6)19)18(23)24/h4,8,19H,5H2,1-3H3,(H,17,22)(H,20,21). The first kappa shape index (κ1) is 21.2. The zero-order valence-electron chi connectivity index (χ0n) is 13.5. The Morgan fingerprint density at radius 1 is 1.40 bits per heavy atom. The topological polar surface area (TPSA) is 139 Å². The van der Waals surface area contributed by atoms with Crippen LogP contribution in [0.2, 0.25) is 0 Å². The third-order valence-electron chi connectivity index (χ3n) is 2.84. The molecule has 1 aromatic rings. The summed E-state index contributed by atoms with van der Waals surface area (Å²) in [5.74, 6) is -2.07. The second-order valence-electron chi connectivity index (χ2n) is 6.03. The first-order valence-corrected chi connectivity index (χ1v) is 8.48. The number of hydrogen-bond donors (Lipinski definition) is 3. The molecule has 0 saturated carbocycles. The van der Waals surface area contributed by atoms with E-state index in [2.05, 4.69) is 37.2 Å². The number of nitrogens with one attached hydrogen (secondary N) is 1. The molecular weight excluding hydrogens is 468 g/mol. The molecular formula is C14H16Br2N2O7. The predicted octanol–water partition coefficient (Wildman–Crippen LogP) is 3.35. The van der Waals surface area contributed by atoms with Gasteiger partial charge in [0.1, 0.15) is 16.1 Å². The number of carboxylic acids is 1. The highest BCUT2D eigenvalue weighted by Gasteiger charge is 2.29. The Bertz CT molecular complexity index is 716. The fourth-order valence-electron chi connectivity index (χ4n) is 1.85. The molecule has 3 N–H and O–H groups in total. The van der Waals surface area contributed by atoms with Crippen molar-refractivity contribution < 1.29 is 29.5 Å². The molecule has 0 aliphatic carbocycles. The highest BCUT2D eigenvalue weighted by molar-refractivity contribution is 9.13. The molecule has 0 aliphatic rings. The number of carbonyl (C=O) groups is 2. The maximum Gasteiger partial charge on any atom is 0.408 e. The SMILES string of the molecule is CC(C)(C)OC(=O)NC(Cc1cc(Br)c(Br)c([N+](=O)[O-])c1O)C(=O)O. The van der Waals surface area contributed by atoms with Crippen LogP contribution in [0.15, 0.2) is 15.0 Å². The molecule has 1 aromatic carbocycles. The number of alkyl carbamates (subject to hydrolysis) is 1. The summed E-state index contributed by atoms with van der Waals surface area (Å²) in [5, 5.41) is 32.6. The van der Waals surface area contributed by atoms with Gasteiger partial charge in [-0.3, -0.25) is 10.1 Å².